The van der Waals surface area contributed by atoms with Crippen LogP contribution >= 0.6 is 0 Å². The summed E-state index contributed by atoms with van der Waals surface area (Å²) in [5, 5.41) is 19.4. The second-order valence-corrected chi connectivity index (χ2v) is 3.65. The van der Waals surface area contributed by atoms with Crippen molar-refractivity contribution < 1.29 is 28.0 Å². The van der Waals surface area contributed by atoms with Crippen LogP contribution in [-0.2, 0) is 0 Å². The van der Waals surface area contributed by atoms with E-state index in [0.717, 1.165) is 11.9 Å². The fourth-order valence-electron chi connectivity index (χ4n) is 1.47. The molecule has 1 rings (SSSR count). The van der Waals surface area contributed by atoms with Gasteiger partial charge in [0, 0.05) is 7.05 Å². The predicted molar refractivity (Wildman–Crippen MR) is 59.3 cm³/mol. The average molecular weight is 278 g/mol. The highest BCUT2D eigenvalue weighted by Gasteiger charge is 2.24. The van der Waals surface area contributed by atoms with Gasteiger partial charge in [-0.15, -0.1) is 0 Å². The van der Waals surface area contributed by atoms with Gasteiger partial charge in [0.25, 0.3) is 12.1 Å². The van der Waals surface area contributed by atoms with E-state index < -0.39 is 40.9 Å². The molecule has 0 saturated heterocycles. The molecule has 0 heterocycles. The molecule has 0 bridgehead atoms. The van der Waals surface area contributed by atoms with E-state index in [0.29, 0.717) is 12.1 Å². The Labute approximate surface area is 105 Å². The molecule has 19 heavy (non-hydrogen) atoms. The van der Waals surface area contributed by atoms with Gasteiger partial charge in [0.1, 0.15) is 11.5 Å². The van der Waals surface area contributed by atoms with E-state index in [1.165, 1.54) is 0 Å². The molecule has 0 spiro atoms. The normalized spacial score (nSPS) is 10.6. The van der Waals surface area contributed by atoms with Crippen LogP contribution in [0, 0.1) is 15.9 Å². The summed E-state index contributed by atoms with van der Waals surface area (Å²) in [5.74, 6) is -2.94. The van der Waals surface area contributed by atoms with Gasteiger partial charge in [0.05, 0.1) is 23.1 Å². The molecular weight excluding hydrogens is 269 g/mol. The van der Waals surface area contributed by atoms with Crippen LogP contribution in [0.1, 0.15) is 10.4 Å². The lowest BCUT2D eigenvalue weighted by Gasteiger charge is -2.19. The Kier molecular flexibility index (Phi) is 4.30. The lowest BCUT2D eigenvalue weighted by molar-refractivity contribution is -0.384. The summed E-state index contributed by atoms with van der Waals surface area (Å²) >= 11 is 0. The molecule has 0 aliphatic carbocycles. The largest absolute Gasteiger partial charge is 0.478 e. The van der Waals surface area contributed by atoms with Crippen molar-refractivity contribution in [1.29, 1.82) is 0 Å². The van der Waals surface area contributed by atoms with Crippen LogP contribution in [0.2, 0.25) is 0 Å². The van der Waals surface area contributed by atoms with Crippen LogP contribution in [-0.4, -0.2) is 36.0 Å². The number of hydrogen-bond donors (Lipinski definition) is 1. The van der Waals surface area contributed by atoms with E-state index in [2.05, 4.69) is 0 Å². The minimum atomic E-state index is -2.78. The highest BCUT2D eigenvalue weighted by atomic mass is 19.3. The summed E-state index contributed by atoms with van der Waals surface area (Å²) in [6.45, 7) is -0.842. The van der Waals surface area contributed by atoms with Crippen LogP contribution in [0.15, 0.2) is 12.1 Å². The molecule has 0 fully saturated rings. The molecule has 6 nitrogen and oxygen atoms in total. The van der Waals surface area contributed by atoms with E-state index in [9.17, 15) is 28.1 Å². The zero-order valence-corrected chi connectivity index (χ0v) is 9.64. The smallest absolute Gasteiger partial charge is 0.338 e. The number of nitro benzene ring substituents is 1. The highest BCUT2D eigenvalue weighted by Crippen LogP contribution is 2.30. The molecule has 9 heteroatoms. The summed E-state index contributed by atoms with van der Waals surface area (Å²) < 4.78 is 37.8. The summed E-state index contributed by atoms with van der Waals surface area (Å²) in [6.07, 6.45) is -2.78. The number of rotatable bonds is 5. The third-order valence-electron chi connectivity index (χ3n) is 2.31. The quantitative estimate of drug-likeness (QED) is 0.659. The Balaban J connectivity index is 3.37. The highest BCUT2D eigenvalue weighted by molar-refractivity contribution is 5.90. The van der Waals surface area contributed by atoms with Crippen molar-refractivity contribution in [2.45, 2.75) is 6.43 Å². The number of anilines is 1. The number of benzene rings is 1. The van der Waals surface area contributed by atoms with E-state index in [-0.39, 0.29) is 5.69 Å². The number of carboxylic acids is 1. The first-order chi connectivity index (χ1) is 8.73. The molecule has 0 unspecified atom stereocenters. The van der Waals surface area contributed by atoms with Crippen LogP contribution < -0.4 is 4.90 Å². The van der Waals surface area contributed by atoms with Crippen LogP contribution in [0.25, 0.3) is 0 Å². The van der Waals surface area contributed by atoms with Gasteiger partial charge in [0.2, 0.25) is 0 Å². The van der Waals surface area contributed by atoms with Gasteiger partial charge in [-0.05, 0) is 6.07 Å². The van der Waals surface area contributed by atoms with Gasteiger partial charge in [-0.3, -0.25) is 10.1 Å². The van der Waals surface area contributed by atoms with Crippen LogP contribution in [0.4, 0.5) is 24.5 Å². The molecule has 0 radical (unpaired) electrons. The average Bonchev–Trinajstić information content (AvgIpc) is 2.26. The molecule has 1 aromatic carbocycles. The Morgan fingerprint density at radius 2 is 2.11 bits per heavy atom. The number of alkyl halides is 2. The molecule has 0 amide bonds. The molecule has 0 saturated carbocycles. The first-order valence-electron chi connectivity index (χ1n) is 4.94. The summed E-state index contributed by atoms with van der Waals surface area (Å²) in [4.78, 5) is 21.3. The number of nitro groups is 1. The summed E-state index contributed by atoms with van der Waals surface area (Å²) in [6, 6.07) is 1.07. The number of carboxylic acid groups (broad SMARTS) is 1. The zero-order valence-electron chi connectivity index (χ0n) is 9.64. The number of hydrogen-bond acceptors (Lipinski definition) is 4. The molecule has 1 N–H and O–H groups in total. The lowest BCUT2D eigenvalue weighted by Crippen LogP contribution is -2.25. The lowest BCUT2D eigenvalue weighted by atomic mass is 10.1. The third-order valence-corrected chi connectivity index (χ3v) is 2.31. The van der Waals surface area contributed by atoms with Gasteiger partial charge in [-0.1, -0.05) is 0 Å². The molecular formula is C10H9F3N2O4. The van der Waals surface area contributed by atoms with Gasteiger partial charge < -0.3 is 10.0 Å². The van der Waals surface area contributed by atoms with Crippen molar-refractivity contribution in [3.05, 3.63) is 33.6 Å². The van der Waals surface area contributed by atoms with E-state index in [4.69, 9.17) is 5.11 Å². The third kappa shape index (κ3) is 3.33. The number of carbonyl (C=O) groups is 1. The standard InChI is InChI=1S/C10H9F3N2O4/c1-14(4-9(12)13)7-2-5(10(16)17)6(11)3-8(7)15(18)19/h2-3,9H,4H2,1H3,(H,16,17). The van der Waals surface area contributed by atoms with Crippen molar-refractivity contribution in [3.8, 4) is 0 Å². The van der Waals surface area contributed by atoms with E-state index in [1.54, 1.807) is 0 Å². The molecule has 0 aromatic heterocycles. The van der Waals surface area contributed by atoms with E-state index in [1.807, 2.05) is 0 Å². The molecule has 0 aliphatic heterocycles. The second kappa shape index (κ2) is 5.55. The maximum absolute atomic E-state index is 13.3. The Hall–Kier alpha value is -2.32. The predicted octanol–water partition coefficient (Wildman–Crippen LogP) is 2.13. The van der Waals surface area contributed by atoms with Crippen LogP contribution in [0.3, 0.4) is 0 Å². The van der Waals surface area contributed by atoms with Crippen molar-refractivity contribution >= 4 is 17.3 Å². The second-order valence-electron chi connectivity index (χ2n) is 3.65. The first kappa shape index (κ1) is 14.7. The Bertz CT molecular complexity index is 522. The maximum atomic E-state index is 13.3. The summed E-state index contributed by atoms with van der Waals surface area (Å²) in [7, 11) is 1.12. The van der Waals surface area contributed by atoms with Gasteiger partial charge >= 0.3 is 5.97 Å². The minimum absolute atomic E-state index is 0.385. The Morgan fingerprint density at radius 1 is 1.53 bits per heavy atom. The fourth-order valence-corrected chi connectivity index (χ4v) is 1.47. The SMILES string of the molecule is CN(CC(F)F)c1cc(C(=O)O)c(F)cc1[N+](=O)[O-]. The summed E-state index contributed by atoms with van der Waals surface area (Å²) in [5.41, 5.74) is -1.98. The van der Waals surface area contributed by atoms with Crippen molar-refractivity contribution in [2.75, 3.05) is 18.5 Å². The number of aromatic carboxylic acids is 1. The maximum Gasteiger partial charge on any atom is 0.338 e. The molecule has 0 aliphatic rings. The van der Waals surface area contributed by atoms with Crippen molar-refractivity contribution in [1.82, 2.24) is 0 Å². The van der Waals surface area contributed by atoms with Crippen LogP contribution in [0.5, 0.6) is 0 Å². The van der Waals surface area contributed by atoms with Gasteiger partial charge in [-0.2, -0.15) is 0 Å². The first-order valence-corrected chi connectivity index (χ1v) is 4.94. The van der Waals surface area contributed by atoms with Gasteiger partial charge in [0.15, 0.2) is 0 Å². The number of nitrogens with zero attached hydrogens (tertiary/aromatic N) is 2. The molecule has 104 valence electrons. The fraction of sp³-hybridized carbons (Fsp3) is 0.300. The Morgan fingerprint density at radius 3 is 2.53 bits per heavy atom. The van der Waals surface area contributed by atoms with Gasteiger partial charge in [-0.25, -0.2) is 18.0 Å². The zero-order chi connectivity index (χ0) is 14.7. The monoisotopic (exact) mass is 278 g/mol. The molecule has 0 atom stereocenters. The van der Waals surface area contributed by atoms with E-state index >= 15 is 0 Å². The minimum Gasteiger partial charge on any atom is -0.478 e. The molecule has 1 aromatic rings. The number of halogens is 3. The van der Waals surface area contributed by atoms with Crippen molar-refractivity contribution in [2.24, 2.45) is 0 Å². The van der Waals surface area contributed by atoms with Crippen molar-refractivity contribution in [3.63, 3.8) is 0 Å². The topological polar surface area (TPSA) is 83.7 Å².